The summed E-state index contributed by atoms with van der Waals surface area (Å²) in [4.78, 5) is 28.6. The van der Waals surface area contributed by atoms with Gasteiger partial charge in [0.15, 0.2) is 5.43 Å². The number of amides is 1. The molecule has 2 heterocycles. The van der Waals surface area contributed by atoms with E-state index < -0.39 is 6.04 Å². The quantitative estimate of drug-likeness (QED) is 0.495. The Morgan fingerprint density at radius 3 is 2.50 bits per heavy atom. The highest BCUT2D eigenvalue weighted by Crippen LogP contribution is 2.41. The second-order valence-electron chi connectivity index (χ2n) is 7.36. The van der Waals surface area contributed by atoms with E-state index in [1.165, 1.54) is 0 Å². The molecular formula is C25H19NO4. The minimum absolute atomic E-state index is 0.0908. The Labute approximate surface area is 173 Å². The number of para-hydroxylation sites is 1. The van der Waals surface area contributed by atoms with Crippen LogP contribution in [0, 0.1) is 6.92 Å². The summed E-state index contributed by atoms with van der Waals surface area (Å²) in [5.41, 5.74) is 3.02. The molecule has 0 radical (unpaired) electrons. The maximum absolute atomic E-state index is 13.6. The molecule has 0 aliphatic carbocycles. The van der Waals surface area contributed by atoms with Crippen molar-refractivity contribution in [1.82, 2.24) is 0 Å². The number of rotatable bonds is 3. The molecule has 1 aliphatic rings. The largest absolute Gasteiger partial charge is 0.497 e. The third-order valence-electron chi connectivity index (χ3n) is 5.47. The summed E-state index contributed by atoms with van der Waals surface area (Å²) in [5.74, 6) is 0.416. The molecule has 0 bridgehead atoms. The van der Waals surface area contributed by atoms with Crippen LogP contribution in [0.15, 0.2) is 82.0 Å². The number of carbonyl (C=O) groups is 1. The van der Waals surface area contributed by atoms with E-state index in [0.717, 1.165) is 11.1 Å². The summed E-state index contributed by atoms with van der Waals surface area (Å²) in [6.07, 6.45) is 0. The predicted molar refractivity (Wildman–Crippen MR) is 115 cm³/mol. The standard InChI is InChI=1S/C25H19NO4/c1-15-11-12-20-19(13-15)23(27)21-22(16-7-6-10-18(14-16)29-2)26(25(28)24(21)30-20)17-8-4-3-5-9-17/h3-14,22H,1-2H3. The highest BCUT2D eigenvalue weighted by molar-refractivity contribution is 6.10. The van der Waals surface area contributed by atoms with Crippen LogP contribution in [0.4, 0.5) is 5.69 Å². The zero-order chi connectivity index (χ0) is 20.8. The summed E-state index contributed by atoms with van der Waals surface area (Å²) in [6, 6.07) is 21.6. The fraction of sp³-hybridized carbons (Fsp3) is 0.120. The Hall–Kier alpha value is -3.86. The first-order valence-corrected chi connectivity index (χ1v) is 9.68. The lowest BCUT2D eigenvalue weighted by molar-refractivity contribution is 0.0971. The molecule has 0 spiro atoms. The van der Waals surface area contributed by atoms with Crippen LogP contribution in [-0.2, 0) is 0 Å². The summed E-state index contributed by atoms with van der Waals surface area (Å²) in [6.45, 7) is 1.92. The highest BCUT2D eigenvalue weighted by atomic mass is 16.5. The molecule has 0 N–H and O–H groups in total. The third kappa shape index (κ3) is 2.70. The number of anilines is 1. The van der Waals surface area contributed by atoms with Crippen molar-refractivity contribution >= 4 is 22.6 Å². The summed E-state index contributed by atoms with van der Waals surface area (Å²) < 4.78 is 11.4. The number of carbonyl (C=O) groups excluding carboxylic acids is 1. The molecule has 0 fully saturated rings. The van der Waals surface area contributed by atoms with Crippen molar-refractivity contribution in [2.24, 2.45) is 0 Å². The zero-order valence-electron chi connectivity index (χ0n) is 16.6. The van der Waals surface area contributed by atoms with E-state index in [4.69, 9.17) is 9.15 Å². The van der Waals surface area contributed by atoms with Gasteiger partial charge in [-0.05, 0) is 48.9 Å². The fourth-order valence-electron chi connectivity index (χ4n) is 4.07. The van der Waals surface area contributed by atoms with Crippen molar-refractivity contribution in [3.05, 3.63) is 105 Å². The minimum atomic E-state index is -0.605. The Morgan fingerprint density at radius 1 is 0.933 bits per heavy atom. The molecular weight excluding hydrogens is 378 g/mol. The van der Waals surface area contributed by atoms with Gasteiger partial charge in [-0.2, -0.15) is 0 Å². The predicted octanol–water partition coefficient (Wildman–Crippen LogP) is 4.86. The molecule has 5 rings (SSSR count). The van der Waals surface area contributed by atoms with Crippen LogP contribution in [0.1, 0.15) is 33.3 Å². The van der Waals surface area contributed by atoms with Crippen molar-refractivity contribution in [1.29, 1.82) is 0 Å². The molecule has 3 aromatic carbocycles. The molecule has 5 nitrogen and oxygen atoms in total. The maximum atomic E-state index is 13.6. The summed E-state index contributed by atoms with van der Waals surface area (Å²) >= 11 is 0. The van der Waals surface area contributed by atoms with E-state index in [2.05, 4.69) is 0 Å². The Kier molecular flexibility index (Phi) is 4.17. The molecule has 1 aromatic heterocycles. The van der Waals surface area contributed by atoms with Gasteiger partial charge in [0, 0.05) is 5.69 Å². The van der Waals surface area contributed by atoms with Gasteiger partial charge < -0.3 is 9.15 Å². The first-order chi connectivity index (χ1) is 14.6. The van der Waals surface area contributed by atoms with Gasteiger partial charge in [0.25, 0.3) is 5.91 Å². The van der Waals surface area contributed by atoms with E-state index in [-0.39, 0.29) is 17.1 Å². The third-order valence-corrected chi connectivity index (χ3v) is 5.47. The van der Waals surface area contributed by atoms with Crippen molar-refractivity contribution in [2.45, 2.75) is 13.0 Å². The number of fused-ring (bicyclic) bond motifs is 2. The molecule has 148 valence electrons. The summed E-state index contributed by atoms with van der Waals surface area (Å²) in [5, 5.41) is 0.476. The Morgan fingerprint density at radius 2 is 1.73 bits per heavy atom. The second-order valence-corrected chi connectivity index (χ2v) is 7.36. The van der Waals surface area contributed by atoms with Gasteiger partial charge >= 0.3 is 0 Å². The van der Waals surface area contributed by atoms with Crippen LogP contribution in [0.25, 0.3) is 11.0 Å². The number of nitrogens with zero attached hydrogens (tertiary/aromatic N) is 1. The van der Waals surface area contributed by atoms with Crippen molar-refractivity contribution in [3.8, 4) is 5.75 Å². The van der Waals surface area contributed by atoms with E-state index in [0.29, 0.717) is 28.0 Å². The van der Waals surface area contributed by atoms with Crippen molar-refractivity contribution in [2.75, 3.05) is 12.0 Å². The Bertz CT molecular complexity index is 1340. The normalized spacial score (nSPS) is 15.5. The monoisotopic (exact) mass is 397 g/mol. The number of hydrogen-bond donors (Lipinski definition) is 0. The number of methoxy groups -OCH3 is 1. The van der Waals surface area contributed by atoms with Crippen LogP contribution in [0.2, 0.25) is 0 Å². The molecule has 0 saturated carbocycles. The van der Waals surface area contributed by atoms with Gasteiger partial charge in [-0.1, -0.05) is 42.0 Å². The van der Waals surface area contributed by atoms with Crippen molar-refractivity contribution < 1.29 is 13.9 Å². The molecule has 30 heavy (non-hydrogen) atoms. The summed E-state index contributed by atoms with van der Waals surface area (Å²) in [7, 11) is 1.59. The van der Waals surface area contributed by atoms with Crippen LogP contribution in [0.5, 0.6) is 5.75 Å². The van der Waals surface area contributed by atoms with Gasteiger partial charge in [0.1, 0.15) is 11.3 Å². The number of hydrogen-bond acceptors (Lipinski definition) is 4. The minimum Gasteiger partial charge on any atom is -0.497 e. The molecule has 1 unspecified atom stereocenters. The topological polar surface area (TPSA) is 59.8 Å². The van der Waals surface area contributed by atoms with Gasteiger partial charge in [-0.3, -0.25) is 14.5 Å². The highest BCUT2D eigenvalue weighted by Gasteiger charge is 2.43. The van der Waals surface area contributed by atoms with Gasteiger partial charge in [-0.15, -0.1) is 0 Å². The van der Waals surface area contributed by atoms with E-state index in [9.17, 15) is 9.59 Å². The smallest absolute Gasteiger partial charge is 0.295 e. The van der Waals surface area contributed by atoms with Gasteiger partial charge in [-0.25, -0.2) is 0 Å². The van der Waals surface area contributed by atoms with E-state index in [1.54, 1.807) is 24.1 Å². The number of aryl methyl sites for hydroxylation is 1. The molecule has 1 amide bonds. The Balaban J connectivity index is 1.83. The molecule has 0 saturated heterocycles. The van der Waals surface area contributed by atoms with E-state index in [1.807, 2.05) is 67.6 Å². The van der Waals surface area contributed by atoms with Crippen LogP contribution in [0.3, 0.4) is 0 Å². The molecule has 1 aliphatic heterocycles. The molecule has 1 atom stereocenters. The van der Waals surface area contributed by atoms with Crippen LogP contribution >= 0.6 is 0 Å². The van der Waals surface area contributed by atoms with Crippen LogP contribution in [-0.4, -0.2) is 13.0 Å². The molecule has 5 heteroatoms. The first kappa shape index (κ1) is 18.2. The fourth-order valence-corrected chi connectivity index (χ4v) is 4.07. The zero-order valence-corrected chi connectivity index (χ0v) is 16.6. The second kappa shape index (κ2) is 6.88. The molecule has 4 aromatic rings. The number of benzene rings is 3. The van der Waals surface area contributed by atoms with Crippen LogP contribution < -0.4 is 15.1 Å². The van der Waals surface area contributed by atoms with E-state index >= 15 is 0 Å². The lowest BCUT2D eigenvalue weighted by Gasteiger charge is -2.25. The lowest BCUT2D eigenvalue weighted by Crippen LogP contribution is -2.29. The average Bonchev–Trinajstić information content (AvgIpc) is 3.07. The van der Waals surface area contributed by atoms with Gasteiger partial charge in [0.2, 0.25) is 5.76 Å². The maximum Gasteiger partial charge on any atom is 0.295 e. The average molecular weight is 397 g/mol. The number of ether oxygens (including phenoxy) is 1. The SMILES string of the molecule is COc1cccc(C2c3c(oc4ccc(C)cc4c3=O)C(=O)N2c2ccccc2)c1. The van der Waals surface area contributed by atoms with Gasteiger partial charge in [0.05, 0.1) is 24.1 Å². The first-order valence-electron chi connectivity index (χ1n) is 9.68. The lowest BCUT2D eigenvalue weighted by atomic mass is 9.97. The van der Waals surface area contributed by atoms with Crippen molar-refractivity contribution in [3.63, 3.8) is 0 Å².